The van der Waals surface area contributed by atoms with Gasteiger partial charge in [0.1, 0.15) is 5.78 Å². The zero-order valence-electron chi connectivity index (χ0n) is 7.99. The zero-order valence-corrected chi connectivity index (χ0v) is 8.80. The fraction of sp³-hybridized carbons (Fsp3) is 0.556. The quantitative estimate of drug-likeness (QED) is 0.722. The molecule has 14 heavy (non-hydrogen) atoms. The van der Waals surface area contributed by atoms with Crippen LogP contribution in [0.4, 0.5) is 5.13 Å². The highest BCUT2D eigenvalue weighted by Crippen LogP contribution is 2.35. The van der Waals surface area contributed by atoms with E-state index in [4.69, 9.17) is 11.5 Å². The number of nitrogen functional groups attached to an aromatic ring is 1. The molecule has 1 aromatic heterocycles. The third-order valence-corrected chi connectivity index (χ3v) is 3.56. The van der Waals surface area contributed by atoms with Gasteiger partial charge in [-0.25, -0.2) is 4.98 Å². The van der Waals surface area contributed by atoms with Gasteiger partial charge in [-0.15, -0.1) is 11.3 Å². The molecule has 5 heteroatoms. The van der Waals surface area contributed by atoms with E-state index in [9.17, 15) is 4.79 Å². The summed E-state index contributed by atoms with van der Waals surface area (Å²) in [7, 11) is 0. The molecule has 1 aromatic rings. The predicted molar refractivity (Wildman–Crippen MR) is 55.9 cm³/mol. The Morgan fingerprint density at radius 2 is 2.36 bits per heavy atom. The summed E-state index contributed by atoms with van der Waals surface area (Å²) in [5, 5.41) is 0.551. The smallest absolute Gasteiger partial charge is 0.180 e. The van der Waals surface area contributed by atoms with E-state index in [1.54, 1.807) is 6.92 Å². The van der Waals surface area contributed by atoms with Crippen LogP contribution in [0.25, 0.3) is 0 Å². The average Bonchev–Trinajstić information content (AvgIpc) is 2.45. The van der Waals surface area contributed by atoms with Crippen LogP contribution >= 0.6 is 11.3 Å². The first-order valence-corrected chi connectivity index (χ1v) is 5.40. The Hall–Kier alpha value is -0.940. The number of anilines is 1. The Balaban J connectivity index is 2.32. The van der Waals surface area contributed by atoms with Crippen molar-refractivity contribution in [2.45, 2.75) is 25.8 Å². The first-order valence-electron chi connectivity index (χ1n) is 4.59. The summed E-state index contributed by atoms with van der Waals surface area (Å²) in [6.07, 6.45) is 1.46. The van der Waals surface area contributed by atoms with Gasteiger partial charge in [0.15, 0.2) is 5.13 Å². The number of carbonyl (C=O) groups excluding carboxylic acids is 1. The number of rotatable bonds is 1. The van der Waals surface area contributed by atoms with Gasteiger partial charge in [0.25, 0.3) is 0 Å². The van der Waals surface area contributed by atoms with Gasteiger partial charge in [-0.05, 0) is 19.8 Å². The summed E-state index contributed by atoms with van der Waals surface area (Å²) in [5.41, 5.74) is 12.4. The fourth-order valence-corrected chi connectivity index (χ4v) is 2.84. The minimum absolute atomic E-state index is 0.0531. The third-order valence-electron chi connectivity index (χ3n) is 2.64. The molecule has 2 atom stereocenters. The second kappa shape index (κ2) is 3.33. The second-order valence-electron chi connectivity index (χ2n) is 3.71. The first-order chi connectivity index (χ1) is 6.58. The fourth-order valence-electron chi connectivity index (χ4n) is 1.85. The van der Waals surface area contributed by atoms with E-state index < -0.39 is 0 Å². The lowest BCUT2D eigenvalue weighted by Crippen LogP contribution is -2.27. The molecule has 4 nitrogen and oxygen atoms in total. The van der Waals surface area contributed by atoms with Crippen molar-refractivity contribution < 1.29 is 4.79 Å². The summed E-state index contributed by atoms with van der Waals surface area (Å²) in [6, 6.07) is -0.124. The van der Waals surface area contributed by atoms with Crippen LogP contribution in [-0.2, 0) is 11.2 Å². The maximum atomic E-state index is 11.3. The predicted octanol–water partition coefficient (Wildman–Crippen LogP) is 0.877. The van der Waals surface area contributed by atoms with Gasteiger partial charge in [0.05, 0.1) is 5.69 Å². The lowest BCUT2D eigenvalue weighted by Gasteiger charge is -2.23. The SMILES string of the molecule is CC(=O)C1Cc2sc(N)nc2C(N)C1. The van der Waals surface area contributed by atoms with Crippen LogP contribution in [0.2, 0.25) is 0 Å². The highest BCUT2D eigenvalue weighted by atomic mass is 32.1. The molecule has 2 rings (SSSR count). The molecule has 1 heterocycles. The Morgan fingerprint density at radius 1 is 1.64 bits per heavy atom. The van der Waals surface area contributed by atoms with E-state index in [0.717, 1.165) is 17.0 Å². The molecule has 2 unspecified atom stereocenters. The molecule has 0 saturated carbocycles. The number of hydrogen-bond donors (Lipinski definition) is 2. The molecular weight excluding hydrogens is 198 g/mol. The van der Waals surface area contributed by atoms with Crippen molar-refractivity contribution in [3.8, 4) is 0 Å². The summed E-state index contributed by atoms with van der Waals surface area (Å²) >= 11 is 1.45. The van der Waals surface area contributed by atoms with E-state index in [-0.39, 0.29) is 17.7 Å². The van der Waals surface area contributed by atoms with E-state index >= 15 is 0 Å². The number of thiazole rings is 1. The minimum atomic E-state index is -0.124. The number of fused-ring (bicyclic) bond motifs is 1. The van der Waals surface area contributed by atoms with Crippen LogP contribution < -0.4 is 11.5 Å². The standard InChI is InChI=1S/C9H13N3OS/c1-4(13)5-2-6(10)8-7(3-5)14-9(11)12-8/h5-6H,2-3,10H2,1H3,(H2,11,12). The highest BCUT2D eigenvalue weighted by Gasteiger charge is 2.30. The first kappa shape index (κ1) is 9.61. The van der Waals surface area contributed by atoms with Gasteiger partial charge in [0.2, 0.25) is 0 Å². The maximum absolute atomic E-state index is 11.3. The average molecular weight is 211 g/mol. The summed E-state index contributed by atoms with van der Waals surface area (Å²) in [4.78, 5) is 16.5. The van der Waals surface area contributed by atoms with E-state index in [0.29, 0.717) is 11.6 Å². The lowest BCUT2D eigenvalue weighted by molar-refractivity contribution is -0.121. The Morgan fingerprint density at radius 3 is 3.00 bits per heavy atom. The molecule has 0 saturated heterocycles. The number of ketones is 1. The third kappa shape index (κ3) is 1.53. The van der Waals surface area contributed by atoms with Crippen LogP contribution in [0.5, 0.6) is 0 Å². The minimum Gasteiger partial charge on any atom is -0.375 e. The van der Waals surface area contributed by atoms with Crippen molar-refractivity contribution >= 4 is 22.3 Å². The topological polar surface area (TPSA) is 82.0 Å². The zero-order chi connectivity index (χ0) is 10.3. The van der Waals surface area contributed by atoms with E-state index in [1.165, 1.54) is 11.3 Å². The molecule has 0 aromatic carbocycles. The van der Waals surface area contributed by atoms with Crippen LogP contribution in [0, 0.1) is 5.92 Å². The monoisotopic (exact) mass is 211 g/mol. The molecule has 76 valence electrons. The molecule has 0 fully saturated rings. The van der Waals surface area contributed by atoms with Gasteiger partial charge in [-0.2, -0.15) is 0 Å². The molecule has 1 aliphatic carbocycles. The van der Waals surface area contributed by atoms with Crippen molar-refractivity contribution in [2.75, 3.05) is 5.73 Å². The number of nitrogens with two attached hydrogens (primary N) is 2. The van der Waals surface area contributed by atoms with Gasteiger partial charge in [0, 0.05) is 16.8 Å². The summed E-state index contributed by atoms with van der Waals surface area (Å²) < 4.78 is 0. The molecule has 0 aliphatic heterocycles. The van der Waals surface area contributed by atoms with Crippen LogP contribution in [0.3, 0.4) is 0 Å². The Bertz CT molecular complexity index is 374. The molecular formula is C9H13N3OS. The molecule has 4 N–H and O–H groups in total. The number of hydrogen-bond acceptors (Lipinski definition) is 5. The largest absolute Gasteiger partial charge is 0.375 e. The normalized spacial score (nSPS) is 25.9. The van der Waals surface area contributed by atoms with Crippen molar-refractivity contribution in [3.63, 3.8) is 0 Å². The van der Waals surface area contributed by atoms with Gasteiger partial charge in [-0.1, -0.05) is 0 Å². The molecule has 0 radical (unpaired) electrons. The lowest BCUT2D eigenvalue weighted by atomic mass is 9.86. The van der Waals surface area contributed by atoms with Crippen molar-refractivity contribution in [2.24, 2.45) is 11.7 Å². The second-order valence-corrected chi connectivity index (χ2v) is 4.83. The van der Waals surface area contributed by atoms with Crippen molar-refractivity contribution in [3.05, 3.63) is 10.6 Å². The Labute approximate surface area is 86.3 Å². The van der Waals surface area contributed by atoms with Crippen LogP contribution in [-0.4, -0.2) is 10.8 Å². The summed E-state index contributed by atoms with van der Waals surface area (Å²) in [6.45, 7) is 1.62. The van der Waals surface area contributed by atoms with Crippen LogP contribution in [0.1, 0.15) is 30.0 Å². The molecule has 0 bridgehead atoms. The molecule has 0 amide bonds. The molecule has 0 spiro atoms. The highest BCUT2D eigenvalue weighted by molar-refractivity contribution is 7.15. The van der Waals surface area contributed by atoms with E-state index in [2.05, 4.69) is 4.98 Å². The van der Waals surface area contributed by atoms with Crippen molar-refractivity contribution in [1.82, 2.24) is 4.98 Å². The maximum Gasteiger partial charge on any atom is 0.180 e. The Kier molecular flexibility index (Phi) is 2.28. The van der Waals surface area contributed by atoms with Crippen LogP contribution in [0.15, 0.2) is 0 Å². The van der Waals surface area contributed by atoms with Gasteiger partial charge < -0.3 is 11.5 Å². The van der Waals surface area contributed by atoms with Gasteiger partial charge in [-0.3, -0.25) is 4.79 Å². The number of nitrogens with zero attached hydrogens (tertiary/aromatic N) is 1. The number of carbonyl (C=O) groups is 1. The van der Waals surface area contributed by atoms with E-state index in [1.807, 2.05) is 0 Å². The molecule has 1 aliphatic rings. The van der Waals surface area contributed by atoms with Crippen molar-refractivity contribution in [1.29, 1.82) is 0 Å². The number of aromatic nitrogens is 1. The summed E-state index contributed by atoms with van der Waals surface area (Å²) in [5.74, 6) is 0.260. The van der Waals surface area contributed by atoms with Gasteiger partial charge >= 0.3 is 0 Å². The number of Topliss-reactive ketones (excluding diaryl/α,β-unsaturated/α-hetero) is 1.